The number of hydrogen-bond acceptors (Lipinski definition) is 6. The molecular weight excluding hydrogens is 406 g/mol. The molecule has 1 aliphatic heterocycles. The smallest absolute Gasteiger partial charge is 0.246 e. The first kappa shape index (κ1) is 21.7. The highest BCUT2D eigenvalue weighted by molar-refractivity contribution is 5.97. The lowest BCUT2D eigenvalue weighted by Gasteiger charge is -2.24. The van der Waals surface area contributed by atoms with Crippen molar-refractivity contribution in [2.75, 3.05) is 25.5 Å². The fourth-order valence-electron chi connectivity index (χ4n) is 3.79. The Morgan fingerprint density at radius 1 is 1.41 bits per heavy atom. The van der Waals surface area contributed by atoms with E-state index < -0.39 is 0 Å². The lowest BCUT2D eigenvalue weighted by atomic mass is 10.0. The van der Waals surface area contributed by atoms with Crippen LogP contribution in [0.25, 0.3) is 17.0 Å². The Hall–Kier alpha value is -3.49. The van der Waals surface area contributed by atoms with E-state index in [0.29, 0.717) is 31.9 Å². The average molecular weight is 434 g/mol. The van der Waals surface area contributed by atoms with Gasteiger partial charge in [-0.25, -0.2) is 4.98 Å². The number of anilines is 1. The number of nitrogens with zero attached hydrogens (tertiary/aromatic N) is 2. The molecule has 3 heterocycles. The average Bonchev–Trinajstić information content (AvgIpc) is 3.11. The lowest BCUT2D eigenvalue weighted by Crippen LogP contribution is -2.46. The summed E-state index contributed by atoms with van der Waals surface area (Å²) in [7, 11) is 1.74. The van der Waals surface area contributed by atoms with Crippen LogP contribution in [-0.4, -0.2) is 47.9 Å². The number of amides is 2. The highest BCUT2D eigenvalue weighted by Crippen LogP contribution is 2.26. The Kier molecular flexibility index (Phi) is 6.34. The highest BCUT2D eigenvalue weighted by atomic mass is 16.3. The van der Waals surface area contributed by atoms with Crippen molar-refractivity contribution in [1.29, 1.82) is 0 Å². The summed E-state index contributed by atoms with van der Waals surface area (Å²) in [4.78, 5) is 30.7. The Morgan fingerprint density at radius 2 is 2.22 bits per heavy atom. The summed E-state index contributed by atoms with van der Waals surface area (Å²) in [5.41, 5.74) is 9.10. The molecule has 1 aromatic carbocycles. The van der Waals surface area contributed by atoms with Crippen molar-refractivity contribution in [2.24, 2.45) is 5.73 Å². The number of nitrogens with one attached hydrogen (secondary N) is 2. The Labute approximate surface area is 186 Å². The molecule has 1 aliphatic rings. The van der Waals surface area contributed by atoms with Gasteiger partial charge in [0.25, 0.3) is 0 Å². The van der Waals surface area contributed by atoms with Gasteiger partial charge in [-0.3, -0.25) is 9.59 Å². The molecule has 32 heavy (non-hydrogen) atoms. The second kappa shape index (κ2) is 9.33. The second-order valence-corrected chi connectivity index (χ2v) is 7.94. The van der Waals surface area contributed by atoms with E-state index in [-0.39, 0.29) is 17.9 Å². The van der Waals surface area contributed by atoms with Gasteiger partial charge < -0.3 is 25.7 Å². The van der Waals surface area contributed by atoms with E-state index >= 15 is 0 Å². The number of para-hydroxylation sites is 1. The lowest BCUT2D eigenvalue weighted by molar-refractivity contribution is -0.125. The molecule has 2 aromatic heterocycles. The van der Waals surface area contributed by atoms with Gasteiger partial charge in [-0.1, -0.05) is 18.2 Å². The highest BCUT2D eigenvalue weighted by Gasteiger charge is 2.26. The minimum absolute atomic E-state index is 0.112. The number of carbonyl (C=O) groups excluding carboxylic acids is 2. The monoisotopic (exact) mass is 433 g/mol. The predicted octanol–water partition coefficient (Wildman–Crippen LogP) is 2.22. The third-order valence-electron chi connectivity index (χ3n) is 5.62. The minimum atomic E-state index is -0.341. The molecule has 4 N–H and O–H groups in total. The van der Waals surface area contributed by atoms with Gasteiger partial charge in [-0.05, 0) is 36.3 Å². The maximum absolute atomic E-state index is 12.6. The van der Waals surface area contributed by atoms with Crippen LogP contribution >= 0.6 is 0 Å². The van der Waals surface area contributed by atoms with Crippen molar-refractivity contribution < 1.29 is 14.0 Å². The zero-order chi connectivity index (χ0) is 22.7. The maximum atomic E-state index is 12.6. The van der Waals surface area contributed by atoms with E-state index in [1.807, 2.05) is 37.3 Å². The summed E-state index contributed by atoms with van der Waals surface area (Å²) in [5, 5.41) is 7.00. The number of likely N-dealkylation sites (N-methyl/N-ethyl adjacent to an activating group) is 1. The van der Waals surface area contributed by atoms with Crippen molar-refractivity contribution in [3.63, 3.8) is 0 Å². The van der Waals surface area contributed by atoms with Gasteiger partial charge >= 0.3 is 0 Å². The second-order valence-electron chi connectivity index (χ2n) is 7.94. The molecule has 1 unspecified atom stereocenters. The molecule has 8 heteroatoms. The van der Waals surface area contributed by atoms with Crippen LogP contribution in [0.1, 0.15) is 22.5 Å². The fourth-order valence-corrected chi connectivity index (χ4v) is 3.79. The van der Waals surface area contributed by atoms with Gasteiger partial charge in [0.1, 0.15) is 17.2 Å². The Morgan fingerprint density at radius 3 is 3.00 bits per heavy atom. The van der Waals surface area contributed by atoms with Gasteiger partial charge in [0.2, 0.25) is 11.8 Å². The number of nitrogens with two attached hydrogens (primary N) is 1. The van der Waals surface area contributed by atoms with Crippen molar-refractivity contribution in [3.05, 3.63) is 65.1 Å². The molecule has 2 amide bonds. The number of pyridine rings is 1. The zero-order valence-electron chi connectivity index (χ0n) is 18.2. The molecule has 0 aliphatic carbocycles. The maximum Gasteiger partial charge on any atom is 0.246 e. The fraction of sp³-hybridized carbons (Fsp3) is 0.292. The van der Waals surface area contributed by atoms with Gasteiger partial charge in [-0.2, -0.15) is 0 Å². The summed E-state index contributed by atoms with van der Waals surface area (Å²) in [6.07, 6.45) is 5.41. The summed E-state index contributed by atoms with van der Waals surface area (Å²) in [5.74, 6) is 1.08. The number of aromatic nitrogens is 1. The van der Waals surface area contributed by atoms with Gasteiger partial charge in [0.05, 0.1) is 12.6 Å². The quantitative estimate of drug-likeness (QED) is 0.493. The largest absolute Gasteiger partial charge is 0.459 e. The van der Waals surface area contributed by atoms with E-state index in [4.69, 9.17) is 10.2 Å². The van der Waals surface area contributed by atoms with Crippen LogP contribution in [0.5, 0.6) is 0 Å². The van der Waals surface area contributed by atoms with Crippen LogP contribution in [0.2, 0.25) is 0 Å². The van der Waals surface area contributed by atoms with Crippen molar-refractivity contribution in [3.8, 4) is 0 Å². The van der Waals surface area contributed by atoms with Gasteiger partial charge in [0.15, 0.2) is 0 Å². The van der Waals surface area contributed by atoms with Crippen LogP contribution in [0.15, 0.2) is 47.0 Å². The molecule has 8 nitrogen and oxygen atoms in total. The molecule has 0 radical (unpaired) electrons. The van der Waals surface area contributed by atoms with Gasteiger partial charge in [0, 0.05) is 49.8 Å². The number of fused-ring (bicyclic) bond motifs is 2. The number of hydrogen-bond donors (Lipinski definition) is 3. The Bertz CT molecular complexity index is 1180. The molecule has 0 bridgehead atoms. The van der Waals surface area contributed by atoms with Crippen LogP contribution in [0, 0.1) is 6.92 Å². The topological polar surface area (TPSA) is 113 Å². The van der Waals surface area contributed by atoms with Crippen LogP contribution in [-0.2, 0) is 22.6 Å². The van der Waals surface area contributed by atoms with Crippen LogP contribution in [0.3, 0.4) is 0 Å². The van der Waals surface area contributed by atoms with E-state index in [0.717, 1.165) is 33.4 Å². The third kappa shape index (κ3) is 4.56. The molecule has 0 saturated carbocycles. The molecule has 3 aromatic rings. The number of rotatable bonds is 7. The van der Waals surface area contributed by atoms with E-state index in [1.165, 1.54) is 6.08 Å². The molecule has 0 saturated heterocycles. The predicted molar refractivity (Wildman–Crippen MR) is 124 cm³/mol. The summed E-state index contributed by atoms with van der Waals surface area (Å²) >= 11 is 0. The first-order valence-corrected chi connectivity index (χ1v) is 10.6. The molecular formula is C24H27N5O3. The van der Waals surface area contributed by atoms with Crippen molar-refractivity contribution in [1.82, 2.24) is 15.2 Å². The third-order valence-corrected chi connectivity index (χ3v) is 5.62. The van der Waals surface area contributed by atoms with Crippen molar-refractivity contribution >= 4 is 34.7 Å². The first-order chi connectivity index (χ1) is 15.5. The Balaban J connectivity index is 1.43. The van der Waals surface area contributed by atoms with E-state index in [1.54, 1.807) is 24.2 Å². The minimum Gasteiger partial charge on any atom is -0.459 e. The molecule has 1 atom stereocenters. The van der Waals surface area contributed by atoms with Gasteiger partial charge in [-0.15, -0.1) is 0 Å². The number of benzene rings is 1. The number of aryl methyl sites for hydroxylation is 1. The molecule has 4 rings (SSSR count). The molecule has 166 valence electrons. The molecule has 0 fully saturated rings. The van der Waals surface area contributed by atoms with E-state index in [9.17, 15) is 9.59 Å². The summed E-state index contributed by atoms with van der Waals surface area (Å²) in [6.45, 7) is 3.40. The number of furan rings is 1. The summed E-state index contributed by atoms with van der Waals surface area (Å²) < 4.78 is 5.92. The molecule has 0 spiro atoms. The zero-order valence-corrected chi connectivity index (χ0v) is 18.2. The normalized spacial score (nSPS) is 15.7. The number of carbonyl (C=O) groups is 2. The van der Waals surface area contributed by atoms with E-state index in [2.05, 4.69) is 15.6 Å². The first-order valence-electron chi connectivity index (χ1n) is 10.6. The van der Waals surface area contributed by atoms with Crippen LogP contribution < -0.4 is 16.4 Å². The standard InChI is InChI=1S/C24H27N5O3/c1-15-18-5-3-4-6-20(18)32-21(15)14-29(2)22(30)8-7-16-11-17-12-19(26-10-9-25)24(31)28-23(17)27-13-16/h3-8,11,13,19,26H,9-10,12,14,25H2,1-2H3,(H,27,28,31)/b8-7+. The summed E-state index contributed by atoms with van der Waals surface area (Å²) in [6, 6.07) is 9.44. The van der Waals surface area contributed by atoms with Crippen LogP contribution in [0.4, 0.5) is 5.82 Å². The van der Waals surface area contributed by atoms with Crippen molar-refractivity contribution in [2.45, 2.75) is 25.9 Å². The SMILES string of the molecule is Cc1c(CN(C)C(=O)/C=C/c2cnc3c(c2)CC(NCCN)C(=O)N3)oc2ccccc12.